The molecule has 19 heavy (non-hydrogen) atoms. The molecule has 4 nitrogen and oxygen atoms in total. The van der Waals surface area contributed by atoms with Gasteiger partial charge in [0.1, 0.15) is 5.76 Å². The molecule has 0 bridgehead atoms. The summed E-state index contributed by atoms with van der Waals surface area (Å²) in [6.07, 6.45) is 1.80. The largest absolute Gasteiger partial charge is 0.422 e. The quantitative estimate of drug-likeness (QED) is 0.603. The first-order valence-corrected chi connectivity index (χ1v) is 5.83. The number of nitrogen functional groups attached to an aromatic ring is 2. The Morgan fingerprint density at radius 1 is 0.895 bits per heavy atom. The first-order valence-electron chi connectivity index (χ1n) is 5.83. The van der Waals surface area contributed by atoms with Gasteiger partial charge in [-0.15, -0.1) is 0 Å². The highest BCUT2D eigenvalue weighted by Gasteiger charge is 2.26. The minimum atomic E-state index is -0.371. The molecule has 0 amide bonds. The van der Waals surface area contributed by atoms with Gasteiger partial charge >= 0.3 is 5.97 Å². The van der Waals surface area contributed by atoms with Crippen molar-refractivity contribution in [2.45, 2.75) is 0 Å². The monoisotopic (exact) mass is 252 g/mol. The molecule has 1 aliphatic heterocycles. The van der Waals surface area contributed by atoms with Gasteiger partial charge in [-0.1, -0.05) is 12.1 Å². The average molecular weight is 252 g/mol. The molecule has 0 fully saturated rings. The highest BCUT2D eigenvalue weighted by molar-refractivity contribution is 6.06. The molecule has 0 aromatic heterocycles. The van der Waals surface area contributed by atoms with E-state index in [1.165, 1.54) is 0 Å². The lowest BCUT2D eigenvalue weighted by molar-refractivity contribution is 0.0717. The van der Waals surface area contributed by atoms with Gasteiger partial charge in [-0.3, -0.25) is 0 Å². The van der Waals surface area contributed by atoms with Crippen molar-refractivity contribution in [3.63, 3.8) is 0 Å². The summed E-state index contributed by atoms with van der Waals surface area (Å²) in [7, 11) is 0. The molecule has 0 aliphatic carbocycles. The average Bonchev–Trinajstić information content (AvgIpc) is 2.69. The van der Waals surface area contributed by atoms with E-state index in [-0.39, 0.29) is 5.97 Å². The summed E-state index contributed by atoms with van der Waals surface area (Å²) >= 11 is 0. The molecular formula is C15H12N2O2. The second-order valence-corrected chi connectivity index (χ2v) is 4.37. The van der Waals surface area contributed by atoms with Crippen molar-refractivity contribution in [3.05, 3.63) is 59.2 Å². The van der Waals surface area contributed by atoms with E-state index in [9.17, 15) is 4.79 Å². The Morgan fingerprint density at radius 3 is 2.32 bits per heavy atom. The minimum Gasteiger partial charge on any atom is -0.422 e. The molecule has 4 N–H and O–H groups in total. The third-order valence-corrected chi connectivity index (χ3v) is 2.97. The lowest BCUT2D eigenvalue weighted by atomic mass is 10.1. The Bertz CT molecular complexity index is 688. The number of hydrogen-bond acceptors (Lipinski definition) is 4. The predicted octanol–water partition coefficient (Wildman–Crippen LogP) is 2.52. The van der Waals surface area contributed by atoms with Crippen LogP contribution >= 0.6 is 0 Å². The Morgan fingerprint density at radius 2 is 1.58 bits per heavy atom. The number of anilines is 2. The first kappa shape index (κ1) is 11.3. The molecular weight excluding hydrogens is 240 g/mol. The van der Waals surface area contributed by atoms with E-state index >= 15 is 0 Å². The van der Waals surface area contributed by atoms with Crippen LogP contribution in [0.25, 0.3) is 11.8 Å². The maximum Gasteiger partial charge on any atom is 0.344 e. The van der Waals surface area contributed by atoms with Gasteiger partial charge in [0, 0.05) is 16.9 Å². The molecule has 2 aromatic carbocycles. The number of carbonyl (C=O) groups is 1. The lowest BCUT2D eigenvalue weighted by Gasteiger charge is -2.00. The number of fused-ring (bicyclic) bond motifs is 1. The van der Waals surface area contributed by atoms with Crippen LogP contribution in [0, 0.1) is 0 Å². The first-order chi connectivity index (χ1) is 9.13. The summed E-state index contributed by atoms with van der Waals surface area (Å²) in [5.74, 6) is 0.161. The topological polar surface area (TPSA) is 78.3 Å². The van der Waals surface area contributed by atoms with Crippen molar-refractivity contribution in [1.29, 1.82) is 0 Å². The summed E-state index contributed by atoms with van der Waals surface area (Å²) in [6.45, 7) is 0. The highest BCUT2D eigenvalue weighted by atomic mass is 16.5. The Labute approximate surface area is 110 Å². The molecule has 1 aliphatic rings. The van der Waals surface area contributed by atoms with E-state index in [1.807, 2.05) is 12.1 Å². The highest BCUT2D eigenvalue weighted by Crippen LogP contribution is 2.32. The smallest absolute Gasteiger partial charge is 0.344 e. The minimum absolute atomic E-state index is 0.371. The number of esters is 1. The van der Waals surface area contributed by atoms with Gasteiger partial charge in [0.05, 0.1) is 5.56 Å². The zero-order chi connectivity index (χ0) is 13.4. The van der Waals surface area contributed by atoms with Gasteiger partial charge in [-0.05, 0) is 42.0 Å². The molecule has 0 spiro atoms. The fraction of sp³-hybridized carbons (Fsp3) is 0. The van der Waals surface area contributed by atoms with Crippen LogP contribution < -0.4 is 11.5 Å². The van der Waals surface area contributed by atoms with Crippen LogP contribution in [0.2, 0.25) is 0 Å². The Hall–Kier alpha value is -2.75. The van der Waals surface area contributed by atoms with Crippen LogP contribution in [0.15, 0.2) is 42.5 Å². The Balaban J connectivity index is 2.05. The molecule has 3 rings (SSSR count). The zero-order valence-corrected chi connectivity index (χ0v) is 10.1. The number of cyclic esters (lactones) is 1. The van der Waals surface area contributed by atoms with Gasteiger partial charge in [0.15, 0.2) is 0 Å². The molecule has 0 unspecified atom stereocenters. The van der Waals surface area contributed by atoms with Gasteiger partial charge in [-0.2, -0.15) is 0 Å². The van der Waals surface area contributed by atoms with Crippen molar-refractivity contribution in [3.8, 4) is 0 Å². The summed E-state index contributed by atoms with van der Waals surface area (Å²) in [6, 6.07) is 12.5. The second kappa shape index (κ2) is 4.17. The van der Waals surface area contributed by atoms with Gasteiger partial charge in [0.25, 0.3) is 0 Å². The Kier molecular flexibility index (Phi) is 2.49. The van der Waals surface area contributed by atoms with Crippen molar-refractivity contribution in [1.82, 2.24) is 0 Å². The van der Waals surface area contributed by atoms with Gasteiger partial charge in [-0.25, -0.2) is 4.79 Å². The van der Waals surface area contributed by atoms with Crippen molar-refractivity contribution >= 4 is 29.2 Å². The van der Waals surface area contributed by atoms with E-state index in [1.54, 1.807) is 36.4 Å². The number of nitrogens with two attached hydrogens (primary N) is 2. The molecule has 0 radical (unpaired) electrons. The third-order valence-electron chi connectivity index (χ3n) is 2.97. The molecule has 1 heterocycles. The van der Waals surface area contributed by atoms with E-state index in [4.69, 9.17) is 16.2 Å². The van der Waals surface area contributed by atoms with Crippen molar-refractivity contribution < 1.29 is 9.53 Å². The number of carbonyl (C=O) groups excluding carboxylic acids is 1. The number of rotatable bonds is 1. The van der Waals surface area contributed by atoms with Crippen molar-refractivity contribution in [2.24, 2.45) is 0 Å². The third kappa shape index (κ3) is 2.04. The molecule has 0 saturated heterocycles. The fourth-order valence-corrected chi connectivity index (χ4v) is 2.01. The van der Waals surface area contributed by atoms with Crippen molar-refractivity contribution in [2.75, 3.05) is 11.5 Å². The zero-order valence-electron chi connectivity index (χ0n) is 10.1. The van der Waals surface area contributed by atoms with Crippen LogP contribution in [-0.2, 0) is 4.74 Å². The number of ether oxygens (including phenoxy) is 1. The maximum absolute atomic E-state index is 11.7. The van der Waals surface area contributed by atoms with E-state index < -0.39 is 0 Å². The number of benzene rings is 2. The predicted molar refractivity (Wildman–Crippen MR) is 75.0 cm³/mol. The summed E-state index contributed by atoms with van der Waals surface area (Å²) < 4.78 is 5.26. The molecule has 94 valence electrons. The van der Waals surface area contributed by atoms with Gasteiger partial charge in [0.2, 0.25) is 0 Å². The number of hydrogen-bond donors (Lipinski definition) is 2. The molecule has 0 saturated carbocycles. The van der Waals surface area contributed by atoms with Gasteiger partial charge < -0.3 is 16.2 Å². The standard InChI is InChI=1S/C15H12N2O2/c16-10-3-1-9(2-4-10)7-14-12-6-5-11(17)8-13(12)15(18)19-14/h1-8H,16-17H2. The molecule has 4 heteroatoms. The lowest BCUT2D eigenvalue weighted by Crippen LogP contribution is -1.94. The fourth-order valence-electron chi connectivity index (χ4n) is 2.01. The van der Waals surface area contributed by atoms with Crippen LogP contribution in [0.4, 0.5) is 11.4 Å². The SMILES string of the molecule is Nc1ccc(C=C2OC(=O)c3cc(N)ccc32)cc1. The summed E-state index contributed by atoms with van der Waals surface area (Å²) in [5, 5.41) is 0. The maximum atomic E-state index is 11.7. The summed E-state index contributed by atoms with van der Waals surface area (Å²) in [4.78, 5) is 11.7. The second-order valence-electron chi connectivity index (χ2n) is 4.37. The van der Waals surface area contributed by atoms with E-state index in [0.717, 1.165) is 11.1 Å². The van der Waals surface area contributed by atoms with Crippen LogP contribution in [0.3, 0.4) is 0 Å². The normalized spacial score (nSPS) is 15.4. The van der Waals surface area contributed by atoms with E-state index in [2.05, 4.69) is 0 Å². The molecule has 0 atom stereocenters. The van der Waals surface area contributed by atoms with Crippen LogP contribution in [0.1, 0.15) is 21.5 Å². The van der Waals surface area contributed by atoms with Crippen LogP contribution in [-0.4, -0.2) is 5.97 Å². The van der Waals surface area contributed by atoms with E-state index in [0.29, 0.717) is 22.7 Å². The van der Waals surface area contributed by atoms with Crippen LogP contribution in [0.5, 0.6) is 0 Å². The molecule has 2 aromatic rings. The summed E-state index contributed by atoms with van der Waals surface area (Å²) in [5.41, 5.74) is 14.7.